The fourth-order valence-corrected chi connectivity index (χ4v) is 4.81. The minimum absolute atomic E-state index is 0.0929. The summed E-state index contributed by atoms with van der Waals surface area (Å²) >= 11 is 1.26. The predicted molar refractivity (Wildman–Crippen MR) is 109 cm³/mol. The summed E-state index contributed by atoms with van der Waals surface area (Å²) in [6.45, 7) is 6.45. The number of nitrogens with zero attached hydrogens (tertiary/aromatic N) is 3. The summed E-state index contributed by atoms with van der Waals surface area (Å²) in [5.74, 6) is -1.16. The van der Waals surface area contributed by atoms with Gasteiger partial charge in [-0.1, -0.05) is 13.8 Å². The fourth-order valence-electron chi connectivity index (χ4n) is 3.48. The molecule has 0 aromatic carbocycles. The molecule has 0 spiro atoms. The van der Waals surface area contributed by atoms with E-state index in [0.29, 0.717) is 28.9 Å². The second-order valence-electron chi connectivity index (χ2n) is 7.60. The van der Waals surface area contributed by atoms with Crippen molar-refractivity contribution in [1.82, 2.24) is 19.4 Å². The molecule has 29 heavy (non-hydrogen) atoms. The number of fused-ring (bicyclic) bond motifs is 1. The molecule has 0 saturated carbocycles. The van der Waals surface area contributed by atoms with Crippen LogP contribution in [0.1, 0.15) is 30.7 Å². The van der Waals surface area contributed by atoms with Crippen LogP contribution in [-0.2, 0) is 29.2 Å². The Morgan fingerprint density at radius 3 is 2.55 bits per heavy atom. The highest BCUT2D eigenvalue weighted by Crippen LogP contribution is 2.29. The van der Waals surface area contributed by atoms with Gasteiger partial charge in [-0.05, 0) is 24.8 Å². The van der Waals surface area contributed by atoms with E-state index in [1.54, 1.807) is 6.92 Å². The summed E-state index contributed by atoms with van der Waals surface area (Å²) < 4.78 is 15.5. The summed E-state index contributed by atoms with van der Waals surface area (Å²) in [5, 5.41) is 2.93. The monoisotopic (exact) mass is 424 g/mol. The fraction of sp³-hybridized carbons (Fsp3) is 0.579. The lowest BCUT2D eigenvalue weighted by Gasteiger charge is -2.26. The van der Waals surface area contributed by atoms with Gasteiger partial charge < -0.3 is 10.2 Å². The van der Waals surface area contributed by atoms with E-state index in [2.05, 4.69) is 5.32 Å². The zero-order valence-electron chi connectivity index (χ0n) is 16.8. The standard InChI is InChI=1S/C19H25FN4O4S/c1-11(2)9-24-16(26)14-12(3)13(10-22-8-6-21-15(25)17(22)27)29-18(14)23(19(24)28)7-4-5-20/h11H,4-10H2,1-3H3,(H,21,25). The summed E-state index contributed by atoms with van der Waals surface area (Å²) in [6, 6.07) is 0. The van der Waals surface area contributed by atoms with Crippen LogP contribution < -0.4 is 16.6 Å². The van der Waals surface area contributed by atoms with E-state index in [1.165, 1.54) is 25.4 Å². The molecule has 1 saturated heterocycles. The molecule has 0 bridgehead atoms. The Bertz CT molecular complexity index is 1070. The Kier molecular flexibility index (Phi) is 6.21. The molecule has 1 aliphatic heterocycles. The lowest BCUT2D eigenvalue weighted by atomic mass is 10.2. The first-order valence-electron chi connectivity index (χ1n) is 9.65. The highest BCUT2D eigenvalue weighted by molar-refractivity contribution is 7.18. The maximum absolute atomic E-state index is 13.1. The van der Waals surface area contributed by atoms with E-state index in [4.69, 9.17) is 0 Å². The molecule has 8 nitrogen and oxygen atoms in total. The highest BCUT2D eigenvalue weighted by atomic mass is 32.1. The molecule has 2 aromatic rings. The lowest BCUT2D eigenvalue weighted by molar-refractivity contribution is -0.148. The highest BCUT2D eigenvalue weighted by Gasteiger charge is 2.28. The first kappa shape index (κ1) is 21.2. The molecule has 0 unspecified atom stereocenters. The number of halogens is 1. The van der Waals surface area contributed by atoms with Gasteiger partial charge >= 0.3 is 17.5 Å². The van der Waals surface area contributed by atoms with Gasteiger partial charge in [-0.2, -0.15) is 0 Å². The second-order valence-corrected chi connectivity index (χ2v) is 8.68. The summed E-state index contributed by atoms with van der Waals surface area (Å²) in [4.78, 5) is 52.5. The molecule has 1 aliphatic rings. The minimum Gasteiger partial charge on any atom is -0.346 e. The van der Waals surface area contributed by atoms with E-state index in [-0.39, 0.29) is 37.5 Å². The Morgan fingerprint density at radius 1 is 1.17 bits per heavy atom. The first-order valence-corrected chi connectivity index (χ1v) is 10.5. The summed E-state index contributed by atoms with van der Waals surface area (Å²) in [5.41, 5.74) is -0.107. The van der Waals surface area contributed by atoms with Gasteiger partial charge in [-0.15, -0.1) is 11.3 Å². The van der Waals surface area contributed by atoms with Crippen molar-refractivity contribution in [2.75, 3.05) is 19.8 Å². The van der Waals surface area contributed by atoms with Crippen LogP contribution in [-0.4, -0.2) is 45.6 Å². The first-order chi connectivity index (χ1) is 13.8. The smallest absolute Gasteiger partial charge is 0.332 e. The lowest BCUT2D eigenvalue weighted by Crippen LogP contribution is -2.51. The molecule has 1 fully saturated rings. The van der Waals surface area contributed by atoms with Gasteiger partial charge in [0.2, 0.25) is 0 Å². The van der Waals surface area contributed by atoms with E-state index >= 15 is 0 Å². The summed E-state index contributed by atoms with van der Waals surface area (Å²) in [7, 11) is 0. The Hall–Kier alpha value is -2.49. The molecule has 3 rings (SSSR count). The van der Waals surface area contributed by atoms with Crippen molar-refractivity contribution in [3.05, 3.63) is 31.3 Å². The van der Waals surface area contributed by atoms with Crippen molar-refractivity contribution in [3.63, 3.8) is 0 Å². The second kappa shape index (κ2) is 8.48. The number of alkyl halides is 1. The van der Waals surface area contributed by atoms with Crippen LogP contribution in [0.5, 0.6) is 0 Å². The molecular formula is C19H25FN4O4S. The van der Waals surface area contributed by atoms with Crippen molar-refractivity contribution in [3.8, 4) is 0 Å². The number of nitrogens with one attached hydrogen (secondary N) is 1. The van der Waals surface area contributed by atoms with Gasteiger partial charge in [0.1, 0.15) is 4.83 Å². The number of carbonyl (C=O) groups excluding carboxylic acids is 2. The number of rotatable bonds is 7. The molecule has 0 atom stereocenters. The van der Waals surface area contributed by atoms with E-state index in [0.717, 1.165) is 4.88 Å². The number of amides is 2. The van der Waals surface area contributed by atoms with Crippen molar-refractivity contribution in [2.45, 2.75) is 46.8 Å². The third-order valence-electron chi connectivity index (χ3n) is 4.94. The zero-order chi connectivity index (χ0) is 21.3. The van der Waals surface area contributed by atoms with Crippen LogP contribution in [0.25, 0.3) is 10.2 Å². The van der Waals surface area contributed by atoms with Crippen molar-refractivity contribution in [1.29, 1.82) is 0 Å². The summed E-state index contributed by atoms with van der Waals surface area (Å²) in [6.07, 6.45) is 0.173. The van der Waals surface area contributed by atoms with Gasteiger partial charge in [-0.3, -0.25) is 27.9 Å². The number of carbonyl (C=O) groups is 2. The average molecular weight is 424 g/mol. The van der Waals surface area contributed by atoms with Crippen LogP contribution in [0.3, 0.4) is 0 Å². The average Bonchev–Trinajstić information content (AvgIpc) is 2.98. The maximum atomic E-state index is 13.1. The quantitative estimate of drug-likeness (QED) is 0.672. The number of piperazine rings is 1. The molecule has 1 N–H and O–H groups in total. The van der Waals surface area contributed by atoms with Gasteiger partial charge in [0, 0.05) is 31.1 Å². The van der Waals surface area contributed by atoms with Crippen molar-refractivity contribution >= 4 is 33.4 Å². The SMILES string of the molecule is Cc1c(CN2CCNC(=O)C2=O)sc2c1c(=O)n(CC(C)C)c(=O)n2CCCF. The molecule has 10 heteroatoms. The van der Waals surface area contributed by atoms with Gasteiger partial charge in [-0.25, -0.2) is 4.79 Å². The Morgan fingerprint density at radius 2 is 1.90 bits per heavy atom. The third kappa shape index (κ3) is 3.98. The van der Waals surface area contributed by atoms with Gasteiger partial charge in [0.15, 0.2) is 0 Å². The normalized spacial score (nSPS) is 14.9. The molecule has 158 valence electrons. The number of aryl methyl sites for hydroxylation is 2. The van der Waals surface area contributed by atoms with Crippen LogP contribution in [0.2, 0.25) is 0 Å². The third-order valence-corrected chi connectivity index (χ3v) is 6.24. The Balaban J connectivity index is 2.15. The van der Waals surface area contributed by atoms with Gasteiger partial charge in [0.05, 0.1) is 18.6 Å². The van der Waals surface area contributed by atoms with Crippen LogP contribution in [0.15, 0.2) is 9.59 Å². The zero-order valence-corrected chi connectivity index (χ0v) is 17.6. The van der Waals surface area contributed by atoms with Crippen LogP contribution in [0.4, 0.5) is 4.39 Å². The molecule has 0 aliphatic carbocycles. The molecule has 0 radical (unpaired) electrons. The molecular weight excluding hydrogens is 399 g/mol. The van der Waals surface area contributed by atoms with E-state index < -0.39 is 24.2 Å². The molecule has 2 amide bonds. The number of thiophene rings is 1. The van der Waals surface area contributed by atoms with Crippen molar-refractivity contribution in [2.24, 2.45) is 5.92 Å². The van der Waals surface area contributed by atoms with Gasteiger partial charge in [0.25, 0.3) is 5.56 Å². The van der Waals surface area contributed by atoms with Crippen LogP contribution in [0, 0.1) is 12.8 Å². The maximum Gasteiger partial charge on any atom is 0.332 e. The van der Waals surface area contributed by atoms with Crippen LogP contribution >= 0.6 is 11.3 Å². The van der Waals surface area contributed by atoms with Crippen molar-refractivity contribution < 1.29 is 14.0 Å². The molecule has 2 aromatic heterocycles. The minimum atomic E-state index is -0.644. The number of aromatic nitrogens is 2. The largest absolute Gasteiger partial charge is 0.346 e. The van der Waals surface area contributed by atoms with E-state index in [9.17, 15) is 23.6 Å². The number of hydrogen-bond acceptors (Lipinski definition) is 5. The topological polar surface area (TPSA) is 93.4 Å². The Labute approximate surface area is 170 Å². The number of hydrogen-bond donors (Lipinski definition) is 1. The van der Waals surface area contributed by atoms with E-state index in [1.807, 2.05) is 13.8 Å². The predicted octanol–water partition coefficient (Wildman–Crippen LogP) is 1.01. The molecule has 3 heterocycles.